The minimum absolute atomic E-state index is 0.155. The van der Waals surface area contributed by atoms with Crippen molar-refractivity contribution in [2.45, 2.75) is 19.9 Å². The normalized spacial score (nSPS) is 11.5. The van der Waals surface area contributed by atoms with Gasteiger partial charge in [0.25, 0.3) is 5.56 Å². The molecule has 8 heteroatoms. The van der Waals surface area contributed by atoms with E-state index in [1.165, 1.54) is 12.1 Å². The fraction of sp³-hybridized carbons (Fsp3) is 0.238. The van der Waals surface area contributed by atoms with Crippen LogP contribution in [-0.4, -0.2) is 20.8 Å². The van der Waals surface area contributed by atoms with Gasteiger partial charge >= 0.3 is 5.69 Å². The van der Waals surface area contributed by atoms with Gasteiger partial charge in [-0.1, -0.05) is 18.5 Å². The molecule has 0 atom stereocenters. The third-order valence-electron chi connectivity index (χ3n) is 5.09. The summed E-state index contributed by atoms with van der Waals surface area (Å²) in [5, 5.41) is 0.603. The lowest BCUT2D eigenvalue weighted by molar-refractivity contribution is 0.415. The van der Waals surface area contributed by atoms with Crippen molar-refractivity contribution in [3.8, 4) is 11.4 Å². The molecule has 6 nitrogen and oxygen atoms in total. The van der Waals surface area contributed by atoms with Crippen LogP contribution in [0.4, 0.5) is 4.39 Å². The summed E-state index contributed by atoms with van der Waals surface area (Å²) in [6.07, 6.45) is 0.692. The van der Waals surface area contributed by atoms with Gasteiger partial charge in [0.1, 0.15) is 17.1 Å². The molecule has 0 amide bonds. The minimum atomic E-state index is -0.616. The molecular weight excluding hydrogens is 397 g/mol. The first-order chi connectivity index (χ1) is 13.9. The maximum absolute atomic E-state index is 13.6. The highest BCUT2D eigenvalue weighted by molar-refractivity contribution is 6.30. The summed E-state index contributed by atoms with van der Waals surface area (Å²) >= 11 is 5.90. The molecule has 0 saturated heterocycles. The van der Waals surface area contributed by atoms with E-state index in [-0.39, 0.29) is 10.7 Å². The van der Waals surface area contributed by atoms with Gasteiger partial charge in [0.05, 0.1) is 28.9 Å². The van der Waals surface area contributed by atoms with Gasteiger partial charge in [-0.3, -0.25) is 9.36 Å². The highest BCUT2D eigenvalue weighted by Gasteiger charge is 2.21. The molecule has 0 aliphatic heterocycles. The lowest BCUT2D eigenvalue weighted by atomic mass is 10.2. The van der Waals surface area contributed by atoms with E-state index in [0.29, 0.717) is 29.7 Å². The molecule has 150 valence electrons. The van der Waals surface area contributed by atoms with Crippen molar-refractivity contribution in [3.63, 3.8) is 0 Å². The minimum Gasteiger partial charge on any atom is -0.497 e. The second-order valence-corrected chi connectivity index (χ2v) is 7.22. The van der Waals surface area contributed by atoms with Gasteiger partial charge in [-0.05, 0) is 42.8 Å². The molecule has 2 aromatic heterocycles. The topological polar surface area (TPSA) is 58.2 Å². The molecule has 4 rings (SSSR count). The van der Waals surface area contributed by atoms with E-state index in [2.05, 4.69) is 0 Å². The molecule has 0 N–H and O–H groups in total. The summed E-state index contributed by atoms with van der Waals surface area (Å²) < 4.78 is 23.3. The Kier molecular flexibility index (Phi) is 4.70. The molecule has 0 radical (unpaired) electrons. The lowest BCUT2D eigenvalue weighted by Gasteiger charge is -2.13. The van der Waals surface area contributed by atoms with Crippen molar-refractivity contribution in [1.82, 2.24) is 13.7 Å². The van der Waals surface area contributed by atoms with Gasteiger partial charge in [-0.25, -0.2) is 13.8 Å². The first-order valence-electron chi connectivity index (χ1n) is 9.16. The van der Waals surface area contributed by atoms with Gasteiger partial charge in [0.2, 0.25) is 0 Å². The molecule has 4 aromatic rings. The van der Waals surface area contributed by atoms with E-state index >= 15 is 0 Å². The third-order valence-corrected chi connectivity index (χ3v) is 5.38. The zero-order valence-electron chi connectivity index (χ0n) is 16.2. The van der Waals surface area contributed by atoms with Crippen LogP contribution in [0, 0.1) is 5.82 Å². The highest BCUT2D eigenvalue weighted by atomic mass is 35.5. The van der Waals surface area contributed by atoms with Crippen LogP contribution in [0.15, 0.2) is 46.0 Å². The quantitative estimate of drug-likeness (QED) is 0.508. The monoisotopic (exact) mass is 415 g/mol. The molecular formula is C21H19ClFN3O3. The number of hydrogen-bond donors (Lipinski definition) is 0. The van der Waals surface area contributed by atoms with Gasteiger partial charge in [-0.15, -0.1) is 0 Å². The Morgan fingerprint density at radius 1 is 1.10 bits per heavy atom. The third kappa shape index (κ3) is 2.84. The Bertz CT molecular complexity index is 1380. The molecule has 0 spiro atoms. The number of halogens is 2. The van der Waals surface area contributed by atoms with Crippen molar-refractivity contribution in [1.29, 1.82) is 0 Å². The molecule has 0 saturated carbocycles. The fourth-order valence-electron chi connectivity index (χ4n) is 3.74. The smallest absolute Gasteiger partial charge is 0.336 e. The molecule has 0 fully saturated rings. The summed E-state index contributed by atoms with van der Waals surface area (Å²) in [5.41, 5.74) is 0.975. The van der Waals surface area contributed by atoms with Crippen LogP contribution >= 0.6 is 11.6 Å². The second kappa shape index (κ2) is 7.08. The van der Waals surface area contributed by atoms with Crippen LogP contribution < -0.4 is 16.0 Å². The number of ether oxygens (including phenoxy) is 1. The molecule has 0 aliphatic rings. The van der Waals surface area contributed by atoms with Crippen molar-refractivity contribution in [2.75, 3.05) is 7.11 Å². The van der Waals surface area contributed by atoms with Crippen molar-refractivity contribution in [3.05, 3.63) is 68.1 Å². The van der Waals surface area contributed by atoms with Gasteiger partial charge in [0.15, 0.2) is 0 Å². The van der Waals surface area contributed by atoms with Crippen LogP contribution in [0.2, 0.25) is 5.02 Å². The van der Waals surface area contributed by atoms with Crippen molar-refractivity contribution < 1.29 is 9.13 Å². The van der Waals surface area contributed by atoms with Crippen LogP contribution in [-0.2, 0) is 13.6 Å². The number of benzene rings is 2. The largest absolute Gasteiger partial charge is 0.497 e. The van der Waals surface area contributed by atoms with E-state index in [9.17, 15) is 14.0 Å². The number of fused-ring (bicyclic) bond motifs is 3. The summed E-state index contributed by atoms with van der Waals surface area (Å²) in [7, 11) is 3.35. The van der Waals surface area contributed by atoms with Gasteiger partial charge < -0.3 is 9.30 Å². The van der Waals surface area contributed by atoms with Gasteiger partial charge in [0, 0.05) is 19.0 Å². The molecule has 2 aromatic carbocycles. The molecule has 0 bridgehead atoms. The molecule has 0 unspecified atom stereocenters. The summed E-state index contributed by atoms with van der Waals surface area (Å²) in [5.74, 6) is 0.0186. The second-order valence-electron chi connectivity index (χ2n) is 6.81. The number of methoxy groups -OCH3 is 1. The van der Waals surface area contributed by atoms with Crippen LogP contribution in [0.25, 0.3) is 27.6 Å². The molecule has 2 heterocycles. The highest BCUT2D eigenvalue weighted by Crippen LogP contribution is 2.29. The Labute approximate surface area is 170 Å². The number of rotatable bonds is 4. The van der Waals surface area contributed by atoms with Crippen LogP contribution in [0.3, 0.4) is 0 Å². The zero-order valence-corrected chi connectivity index (χ0v) is 17.0. The summed E-state index contributed by atoms with van der Waals surface area (Å²) in [4.78, 5) is 26.8. The average molecular weight is 416 g/mol. The standard InChI is InChI=1S/C21H19ClFN3O3/c1-4-9-25-18-14-11-13(29-3)6-8-17(14)24(2)19(18)20(27)26(21(25)28)12-5-7-16(23)15(22)10-12/h5-8,10-11H,4,9H2,1-3H3. The zero-order chi connectivity index (χ0) is 20.9. The van der Waals surface area contributed by atoms with E-state index in [1.54, 1.807) is 23.3 Å². The van der Waals surface area contributed by atoms with E-state index < -0.39 is 17.1 Å². The van der Waals surface area contributed by atoms with Gasteiger partial charge in [-0.2, -0.15) is 0 Å². The van der Waals surface area contributed by atoms with Crippen LogP contribution in [0.1, 0.15) is 13.3 Å². The predicted octanol–water partition coefficient (Wildman–Crippen LogP) is 3.86. The van der Waals surface area contributed by atoms with Crippen LogP contribution in [0.5, 0.6) is 5.75 Å². The summed E-state index contributed by atoms with van der Waals surface area (Å²) in [6, 6.07) is 9.28. The Morgan fingerprint density at radius 3 is 2.52 bits per heavy atom. The Morgan fingerprint density at radius 2 is 1.86 bits per heavy atom. The first kappa shape index (κ1) is 19.3. The summed E-state index contributed by atoms with van der Waals surface area (Å²) in [6.45, 7) is 2.37. The molecule has 0 aliphatic carbocycles. The maximum Gasteiger partial charge on any atom is 0.336 e. The first-order valence-corrected chi connectivity index (χ1v) is 9.54. The number of hydrogen-bond acceptors (Lipinski definition) is 3. The van der Waals surface area contributed by atoms with E-state index in [1.807, 2.05) is 25.1 Å². The van der Waals surface area contributed by atoms with Crippen molar-refractivity contribution >= 4 is 33.5 Å². The number of aryl methyl sites for hydroxylation is 2. The van der Waals surface area contributed by atoms with E-state index in [0.717, 1.165) is 21.5 Å². The number of nitrogens with zero attached hydrogens (tertiary/aromatic N) is 3. The SMILES string of the molecule is CCCn1c(=O)n(-c2ccc(F)c(Cl)c2)c(=O)c2c1c1cc(OC)ccc1n2C. The Balaban J connectivity index is 2.22. The number of aromatic nitrogens is 3. The van der Waals surface area contributed by atoms with Crippen molar-refractivity contribution in [2.24, 2.45) is 7.05 Å². The maximum atomic E-state index is 13.6. The average Bonchev–Trinajstić information content (AvgIpc) is 3.00. The fourth-order valence-corrected chi connectivity index (χ4v) is 3.92. The lowest BCUT2D eigenvalue weighted by Crippen LogP contribution is -2.39. The van der Waals surface area contributed by atoms with E-state index in [4.69, 9.17) is 16.3 Å². The predicted molar refractivity (Wildman–Crippen MR) is 112 cm³/mol. The Hall–Kier alpha value is -3.06. The molecule has 29 heavy (non-hydrogen) atoms.